The average Bonchev–Trinajstić information content (AvgIpc) is 3.09. The van der Waals surface area contributed by atoms with Gasteiger partial charge in [0.15, 0.2) is 0 Å². The molecule has 146 valence electrons. The highest BCUT2D eigenvalue weighted by Gasteiger charge is 2.28. The van der Waals surface area contributed by atoms with Crippen molar-refractivity contribution in [2.24, 2.45) is 5.41 Å². The Kier molecular flexibility index (Phi) is 7.59. The predicted molar refractivity (Wildman–Crippen MR) is 102 cm³/mol. The van der Waals surface area contributed by atoms with Crippen LogP contribution in [0.1, 0.15) is 80.8 Å². The van der Waals surface area contributed by atoms with Crippen molar-refractivity contribution in [3.63, 3.8) is 0 Å². The van der Waals surface area contributed by atoms with Gasteiger partial charge in [-0.3, -0.25) is 14.9 Å². The summed E-state index contributed by atoms with van der Waals surface area (Å²) in [5.41, 5.74) is 3.84. The molecule has 0 radical (unpaired) electrons. The number of nitrogens with one attached hydrogen (secondary N) is 1. The van der Waals surface area contributed by atoms with E-state index >= 15 is 0 Å². The Hall–Kier alpha value is -1.46. The maximum absolute atomic E-state index is 14.3. The molecule has 5 heteroatoms. The lowest BCUT2D eigenvalue weighted by Gasteiger charge is -2.31. The number of amides is 1. The van der Waals surface area contributed by atoms with Gasteiger partial charge in [-0.15, -0.1) is 0 Å². The van der Waals surface area contributed by atoms with Crippen LogP contribution in [0.25, 0.3) is 0 Å². The summed E-state index contributed by atoms with van der Waals surface area (Å²) in [6.45, 7) is 8.92. The van der Waals surface area contributed by atoms with Crippen LogP contribution in [0, 0.1) is 11.2 Å². The van der Waals surface area contributed by atoms with E-state index in [0.29, 0.717) is 17.5 Å². The lowest BCUT2D eigenvalue weighted by Crippen LogP contribution is -2.33. The summed E-state index contributed by atoms with van der Waals surface area (Å²) in [5.74, 6) is -1.01. The zero-order chi connectivity index (χ0) is 19.2. The fourth-order valence-corrected chi connectivity index (χ4v) is 4.27. The van der Waals surface area contributed by atoms with Gasteiger partial charge in [0.1, 0.15) is 5.82 Å². The van der Waals surface area contributed by atoms with Gasteiger partial charge in [-0.25, -0.2) is 9.87 Å². The van der Waals surface area contributed by atoms with E-state index in [-0.39, 0.29) is 11.4 Å². The van der Waals surface area contributed by atoms with Crippen LogP contribution in [0.5, 0.6) is 0 Å². The van der Waals surface area contributed by atoms with Crippen molar-refractivity contribution in [3.05, 3.63) is 34.6 Å². The Morgan fingerprint density at radius 3 is 2.65 bits per heavy atom. The maximum Gasteiger partial charge on any atom is 0.274 e. The van der Waals surface area contributed by atoms with Gasteiger partial charge < -0.3 is 0 Å². The number of halogens is 1. The number of fused-ring (bicyclic) bond motifs is 1. The largest absolute Gasteiger partial charge is 0.299 e. The third-order valence-corrected chi connectivity index (χ3v) is 5.80. The Morgan fingerprint density at radius 2 is 2.00 bits per heavy atom. The zero-order valence-electron chi connectivity index (χ0n) is 16.4. The number of carbonyl (C=O) groups excluding carboxylic acids is 1. The minimum atomic E-state index is -0.663. The fraction of sp³-hybridized carbons (Fsp3) is 0.667. The van der Waals surface area contributed by atoms with Gasteiger partial charge in [0, 0.05) is 24.2 Å². The lowest BCUT2D eigenvalue weighted by atomic mass is 9.84. The number of hydroxylamine groups is 1. The van der Waals surface area contributed by atoms with Gasteiger partial charge in [0.2, 0.25) is 0 Å². The van der Waals surface area contributed by atoms with Crippen LogP contribution in [0.4, 0.5) is 4.39 Å². The number of carbonyl (C=O) groups is 1. The van der Waals surface area contributed by atoms with E-state index in [1.165, 1.54) is 44.6 Å². The highest BCUT2D eigenvalue weighted by molar-refractivity contribution is 5.93. The first-order valence-electron chi connectivity index (χ1n) is 9.99. The molecule has 0 unspecified atom stereocenters. The molecule has 1 aromatic rings. The van der Waals surface area contributed by atoms with Crippen LogP contribution in [0.2, 0.25) is 0 Å². The Labute approximate surface area is 156 Å². The third-order valence-electron chi connectivity index (χ3n) is 5.80. The standard InChI is InChI=1S/C19H27FN2O2.C2H6/c1-19(6-2-3-7-19)8-4-9-22-10-5-14-11-15(18(23)21-24)12-17(20)16(14)13-22;1-2/h11-12,24H,2-10,13H2,1H3,(H,21,23);1-2H3. The van der Waals surface area contributed by atoms with Gasteiger partial charge in [0.25, 0.3) is 5.91 Å². The first-order chi connectivity index (χ1) is 12.5. The average molecular weight is 365 g/mol. The molecule has 1 saturated carbocycles. The van der Waals surface area contributed by atoms with Gasteiger partial charge in [-0.2, -0.15) is 0 Å². The van der Waals surface area contributed by atoms with E-state index in [2.05, 4.69) is 11.8 Å². The van der Waals surface area contributed by atoms with Crippen molar-refractivity contribution in [2.45, 2.75) is 72.3 Å². The van der Waals surface area contributed by atoms with E-state index in [0.717, 1.165) is 25.1 Å². The summed E-state index contributed by atoms with van der Waals surface area (Å²) in [6.07, 6.45) is 8.59. The number of hydrogen-bond acceptors (Lipinski definition) is 3. The molecule has 1 aliphatic heterocycles. The summed E-state index contributed by atoms with van der Waals surface area (Å²) in [5, 5.41) is 8.70. The topological polar surface area (TPSA) is 52.6 Å². The molecule has 0 atom stereocenters. The lowest BCUT2D eigenvalue weighted by molar-refractivity contribution is 0.0705. The summed E-state index contributed by atoms with van der Waals surface area (Å²) in [6, 6.07) is 2.91. The normalized spacial score (nSPS) is 18.7. The summed E-state index contributed by atoms with van der Waals surface area (Å²) >= 11 is 0. The molecule has 3 rings (SSSR count). The number of benzene rings is 1. The summed E-state index contributed by atoms with van der Waals surface area (Å²) < 4.78 is 14.3. The van der Waals surface area contributed by atoms with E-state index in [4.69, 9.17) is 5.21 Å². The molecule has 0 bridgehead atoms. The van der Waals surface area contributed by atoms with Crippen LogP contribution in [0.3, 0.4) is 0 Å². The van der Waals surface area contributed by atoms with Crippen molar-refractivity contribution in [1.82, 2.24) is 10.4 Å². The fourth-order valence-electron chi connectivity index (χ4n) is 4.27. The number of rotatable bonds is 5. The second-order valence-electron chi connectivity index (χ2n) is 7.68. The monoisotopic (exact) mass is 364 g/mol. The molecule has 0 spiro atoms. The number of nitrogens with zero attached hydrogens (tertiary/aromatic N) is 1. The Morgan fingerprint density at radius 1 is 1.31 bits per heavy atom. The van der Waals surface area contributed by atoms with Gasteiger partial charge in [-0.1, -0.05) is 33.6 Å². The van der Waals surface area contributed by atoms with Crippen LogP contribution >= 0.6 is 0 Å². The molecule has 2 N–H and O–H groups in total. The van der Waals surface area contributed by atoms with E-state index in [1.807, 2.05) is 13.8 Å². The van der Waals surface area contributed by atoms with Crippen LogP contribution in [-0.2, 0) is 13.0 Å². The highest BCUT2D eigenvalue weighted by Crippen LogP contribution is 2.41. The number of hydrogen-bond donors (Lipinski definition) is 2. The van der Waals surface area contributed by atoms with Crippen molar-refractivity contribution in [2.75, 3.05) is 13.1 Å². The molecule has 0 saturated heterocycles. The van der Waals surface area contributed by atoms with Gasteiger partial charge in [-0.05, 0) is 61.8 Å². The van der Waals surface area contributed by atoms with Crippen LogP contribution in [-0.4, -0.2) is 29.1 Å². The maximum atomic E-state index is 14.3. The predicted octanol–water partition coefficient (Wildman–Crippen LogP) is 4.69. The van der Waals surface area contributed by atoms with Crippen molar-refractivity contribution in [1.29, 1.82) is 0 Å². The van der Waals surface area contributed by atoms with Crippen LogP contribution in [0.15, 0.2) is 12.1 Å². The molecule has 4 nitrogen and oxygen atoms in total. The van der Waals surface area contributed by atoms with Crippen molar-refractivity contribution < 1.29 is 14.4 Å². The zero-order valence-corrected chi connectivity index (χ0v) is 16.4. The van der Waals surface area contributed by atoms with Gasteiger partial charge in [0.05, 0.1) is 0 Å². The molecule has 1 amide bonds. The molecule has 0 aromatic heterocycles. The summed E-state index contributed by atoms with van der Waals surface area (Å²) in [7, 11) is 0. The molecular formula is C21H33FN2O2. The van der Waals surface area contributed by atoms with E-state index < -0.39 is 5.91 Å². The SMILES string of the molecule is CC.CC1(CCCN2CCc3cc(C(=O)NO)cc(F)c3C2)CCCC1. The summed E-state index contributed by atoms with van der Waals surface area (Å²) in [4.78, 5) is 13.8. The molecule has 1 heterocycles. The second kappa shape index (κ2) is 9.47. The molecule has 1 fully saturated rings. The molecule has 1 aliphatic carbocycles. The minimum Gasteiger partial charge on any atom is -0.299 e. The van der Waals surface area contributed by atoms with Gasteiger partial charge >= 0.3 is 0 Å². The van der Waals surface area contributed by atoms with E-state index in [9.17, 15) is 9.18 Å². The minimum absolute atomic E-state index is 0.177. The molecule has 2 aliphatic rings. The van der Waals surface area contributed by atoms with Crippen molar-refractivity contribution >= 4 is 5.91 Å². The third kappa shape index (κ3) is 5.04. The van der Waals surface area contributed by atoms with E-state index in [1.54, 1.807) is 11.5 Å². The smallest absolute Gasteiger partial charge is 0.274 e. The van der Waals surface area contributed by atoms with Crippen molar-refractivity contribution in [3.8, 4) is 0 Å². The highest BCUT2D eigenvalue weighted by atomic mass is 19.1. The van der Waals surface area contributed by atoms with Crippen LogP contribution < -0.4 is 5.48 Å². The first-order valence-corrected chi connectivity index (χ1v) is 9.99. The Balaban J connectivity index is 0.00000117. The quantitative estimate of drug-likeness (QED) is 0.589. The molecule has 26 heavy (non-hydrogen) atoms. The second-order valence-corrected chi connectivity index (χ2v) is 7.68. The molecule has 1 aromatic carbocycles. The Bertz CT molecular complexity index is 612. The molecular weight excluding hydrogens is 331 g/mol. The first kappa shape index (κ1) is 20.8.